The van der Waals surface area contributed by atoms with Gasteiger partial charge in [-0.3, -0.25) is 4.57 Å². The van der Waals surface area contributed by atoms with E-state index in [2.05, 4.69) is 9.97 Å². The summed E-state index contributed by atoms with van der Waals surface area (Å²) in [6.07, 6.45) is -0.892. The van der Waals surface area contributed by atoms with Crippen LogP contribution in [0.3, 0.4) is 0 Å². The number of nitrogens with two attached hydrogens (primary N) is 1. The van der Waals surface area contributed by atoms with Gasteiger partial charge >= 0.3 is 5.69 Å². The second-order valence-corrected chi connectivity index (χ2v) is 7.37. The van der Waals surface area contributed by atoms with Gasteiger partial charge in [-0.2, -0.15) is 4.98 Å². The molecule has 1 aliphatic heterocycles. The second kappa shape index (κ2) is 7.34. The molecule has 0 unspecified atom stereocenters. The normalized spacial score (nSPS) is 22.2. The lowest BCUT2D eigenvalue weighted by molar-refractivity contribution is -0.0505. The molecular formula is C17H17Cl2N5O4. The van der Waals surface area contributed by atoms with Crippen LogP contribution in [0, 0.1) is 0 Å². The molecule has 0 spiro atoms. The third-order valence-electron chi connectivity index (χ3n) is 4.67. The number of ether oxygens (including phenoxy) is 1. The molecule has 4 rings (SSSR count). The zero-order chi connectivity index (χ0) is 20.0. The molecule has 4 N–H and O–H groups in total. The summed E-state index contributed by atoms with van der Waals surface area (Å²) in [6, 6.07) is 5.07. The van der Waals surface area contributed by atoms with Gasteiger partial charge in [-0.15, -0.1) is 0 Å². The van der Waals surface area contributed by atoms with Gasteiger partial charge < -0.3 is 20.7 Å². The predicted molar refractivity (Wildman–Crippen MR) is 103 cm³/mol. The molecule has 3 atom stereocenters. The number of aliphatic hydroxyl groups is 2. The Morgan fingerprint density at radius 3 is 2.79 bits per heavy atom. The molecule has 0 amide bonds. The molecule has 3 heterocycles. The van der Waals surface area contributed by atoms with E-state index in [1.165, 1.54) is 15.3 Å². The smallest absolute Gasteiger partial charge is 0.332 e. The molecule has 2 aromatic heterocycles. The van der Waals surface area contributed by atoms with Gasteiger partial charge in [0.05, 0.1) is 35.5 Å². The number of nitrogens with zero attached hydrogens (tertiary/aromatic N) is 4. The molecule has 1 aromatic carbocycles. The highest BCUT2D eigenvalue weighted by Crippen LogP contribution is 2.30. The number of rotatable bonds is 4. The lowest BCUT2D eigenvalue weighted by Gasteiger charge is -2.15. The van der Waals surface area contributed by atoms with Crippen LogP contribution in [0.1, 0.15) is 18.2 Å². The summed E-state index contributed by atoms with van der Waals surface area (Å²) in [4.78, 5) is 21.3. The predicted octanol–water partition coefficient (Wildman–Crippen LogP) is 1.17. The third-order valence-corrected chi connectivity index (χ3v) is 5.41. The second-order valence-electron chi connectivity index (χ2n) is 6.56. The van der Waals surface area contributed by atoms with E-state index in [1.807, 2.05) is 0 Å². The van der Waals surface area contributed by atoms with Gasteiger partial charge in [-0.1, -0.05) is 29.3 Å². The maximum atomic E-state index is 13.2. The van der Waals surface area contributed by atoms with E-state index in [1.54, 1.807) is 18.2 Å². The van der Waals surface area contributed by atoms with Crippen LogP contribution < -0.4 is 11.4 Å². The maximum absolute atomic E-state index is 13.2. The molecule has 1 saturated heterocycles. The molecule has 28 heavy (non-hydrogen) atoms. The molecule has 148 valence electrons. The molecule has 3 aromatic rings. The zero-order valence-electron chi connectivity index (χ0n) is 14.5. The molecule has 1 fully saturated rings. The van der Waals surface area contributed by atoms with Crippen molar-refractivity contribution in [2.24, 2.45) is 0 Å². The van der Waals surface area contributed by atoms with Crippen molar-refractivity contribution in [2.45, 2.75) is 31.4 Å². The van der Waals surface area contributed by atoms with E-state index < -0.39 is 24.1 Å². The van der Waals surface area contributed by atoms with E-state index in [9.17, 15) is 15.0 Å². The van der Waals surface area contributed by atoms with Crippen molar-refractivity contribution in [3.05, 3.63) is 50.5 Å². The highest BCUT2D eigenvalue weighted by Gasteiger charge is 2.37. The van der Waals surface area contributed by atoms with Crippen molar-refractivity contribution in [3.8, 4) is 0 Å². The number of hydrogen-bond donors (Lipinski definition) is 3. The van der Waals surface area contributed by atoms with Gasteiger partial charge in [-0.05, 0) is 17.7 Å². The van der Waals surface area contributed by atoms with Gasteiger partial charge in [0, 0.05) is 6.42 Å². The summed E-state index contributed by atoms with van der Waals surface area (Å²) in [6.45, 7) is -0.0832. The standard InChI is InChI=1S/C17H17Cl2N5O4/c18-10-2-1-8(3-11(10)19)6-23-12-5-21-16(20)22-14(12)24(17(23)27)15-13(26)4-9(7-25)28-15/h1-3,5,9,13,15,25-26H,4,6-7H2,(H2,20,21,22)/t9-,13+,15+/m0/s1. The van der Waals surface area contributed by atoms with Gasteiger partial charge in [0.2, 0.25) is 5.95 Å². The third kappa shape index (κ3) is 3.25. The van der Waals surface area contributed by atoms with Crippen LogP contribution in [0.2, 0.25) is 10.0 Å². The van der Waals surface area contributed by atoms with Crippen molar-refractivity contribution in [3.63, 3.8) is 0 Å². The fraction of sp³-hybridized carbons (Fsp3) is 0.353. The lowest BCUT2D eigenvalue weighted by atomic mass is 10.2. The molecule has 0 radical (unpaired) electrons. The van der Waals surface area contributed by atoms with Gasteiger partial charge in [0.25, 0.3) is 0 Å². The summed E-state index contributed by atoms with van der Waals surface area (Å²) < 4.78 is 8.33. The Bertz CT molecular complexity index is 1100. The SMILES string of the molecule is Nc1ncc2c(n1)n([C@@H]1O[C@H](CO)C[C@H]1O)c(=O)n2Cc1ccc(Cl)c(Cl)c1. The summed E-state index contributed by atoms with van der Waals surface area (Å²) in [5.74, 6) is -0.0147. The number of imidazole rings is 1. The monoisotopic (exact) mass is 425 g/mol. The quantitative estimate of drug-likeness (QED) is 0.571. The topological polar surface area (TPSA) is 128 Å². The Morgan fingerprint density at radius 1 is 1.32 bits per heavy atom. The minimum atomic E-state index is -0.989. The minimum Gasteiger partial charge on any atom is -0.394 e. The van der Waals surface area contributed by atoms with E-state index in [-0.39, 0.29) is 31.2 Å². The van der Waals surface area contributed by atoms with E-state index >= 15 is 0 Å². The molecular weight excluding hydrogens is 409 g/mol. The Hall–Kier alpha value is -2.17. The van der Waals surface area contributed by atoms with Crippen molar-refractivity contribution in [2.75, 3.05) is 12.3 Å². The minimum absolute atomic E-state index is 0.0147. The highest BCUT2D eigenvalue weighted by molar-refractivity contribution is 6.42. The molecule has 9 nitrogen and oxygen atoms in total. The summed E-state index contributed by atoms with van der Waals surface area (Å²) in [7, 11) is 0. The summed E-state index contributed by atoms with van der Waals surface area (Å²) in [5.41, 5.74) is 6.66. The number of aromatic nitrogens is 4. The van der Waals surface area contributed by atoms with Crippen LogP contribution >= 0.6 is 23.2 Å². The molecule has 0 saturated carbocycles. The molecule has 11 heteroatoms. The van der Waals surface area contributed by atoms with E-state index in [4.69, 9.17) is 33.7 Å². The Labute approximate surface area is 168 Å². The van der Waals surface area contributed by atoms with Crippen LogP contribution in [-0.2, 0) is 11.3 Å². The van der Waals surface area contributed by atoms with Crippen LogP contribution in [-0.4, -0.2) is 48.1 Å². The number of benzene rings is 1. The average Bonchev–Trinajstić information content (AvgIpc) is 3.15. The number of nitrogen functional groups attached to an aromatic ring is 1. The summed E-state index contributed by atoms with van der Waals surface area (Å²) >= 11 is 12.0. The largest absolute Gasteiger partial charge is 0.394 e. The van der Waals surface area contributed by atoms with Crippen molar-refractivity contribution >= 4 is 40.3 Å². The molecule has 0 aliphatic carbocycles. The maximum Gasteiger partial charge on any atom is 0.332 e. The van der Waals surface area contributed by atoms with Crippen molar-refractivity contribution < 1.29 is 14.9 Å². The average molecular weight is 426 g/mol. The first kappa shape index (κ1) is 19.2. The van der Waals surface area contributed by atoms with Crippen LogP contribution in [0.5, 0.6) is 0 Å². The number of hydrogen-bond acceptors (Lipinski definition) is 7. The van der Waals surface area contributed by atoms with Gasteiger partial charge in [-0.25, -0.2) is 14.3 Å². The van der Waals surface area contributed by atoms with E-state index in [0.717, 1.165) is 5.56 Å². The number of aliphatic hydroxyl groups excluding tert-OH is 2. The van der Waals surface area contributed by atoms with Crippen LogP contribution in [0.15, 0.2) is 29.2 Å². The van der Waals surface area contributed by atoms with Crippen molar-refractivity contribution in [1.82, 2.24) is 19.1 Å². The van der Waals surface area contributed by atoms with E-state index in [0.29, 0.717) is 15.6 Å². The Balaban J connectivity index is 1.85. The number of fused-ring (bicyclic) bond motifs is 1. The fourth-order valence-corrected chi connectivity index (χ4v) is 3.67. The Kier molecular flexibility index (Phi) is 5.02. The summed E-state index contributed by atoms with van der Waals surface area (Å²) in [5, 5.41) is 20.5. The Morgan fingerprint density at radius 2 is 2.11 bits per heavy atom. The number of anilines is 1. The lowest BCUT2D eigenvalue weighted by Crippen LogP contribution is -2.32. The fourth-order valence-electron chi connectivity index (χ4n) is 3.35. The van der Waals surface area contributed by atoms with Gasteiger partial charge in [0.15, 0.2) is 11.9 Å². The number of halogens is 2. The van der Waals surface area contributed by atoms with Gasteiger partial charge in [0.1, 0.15) is 11.6 Å². The highest BCUT2D eigenvalue weighted by atomic mass is 35.5. The molecule has 0 bridgehead atoms. The first-order chi connectivity index (χ1) is 13.4. The zero-order valence-corrected chi connectivity index (χ0v) is 16.0. The first-order valence-corrected chi connectivity index (χ1v) is 9.26. The van der Waals surface area contributed by atoms with Crippen LogP contribution in [0.4, 0.5) is 5.95 Å². The first-order valence-electron chi connectivity index (χ1n) is 8.50. The molecule has 1 aliphatic rings. The van der Waals surface area contributed by atoms with Crippen LogP contribution in [0.25, 0.3) is 11.2 Å². The van der Waals surface area contributed by atoms with Crippen molar-refractivity contribution in [1.29, 1.82) is 0 Å².